The standard InChI is InChI=1S/C26H35NO5/c1-19-22(31-4)17-21(18-23(19)32-5)24(28)27(16-10-14-26(2,3)25(29)30)15-9-13-20-11-7-6-8-12-20/h6-8,11-12,17-18H,9-10,13-16H2,1-5H3,(H,29,30). The summed E-state index contributed by atoms with van der Waals surface area (Å²) >= 11 is 0. The summed E-state index contributed by atoms with van der Waals surface area (Å²) in [4.78, 5) is 26.7. The lowest BCUT2D eigenvalue weighted by molar-refractivity contribution is -0.147. The summed E-state index contributed by atoms with van der Waals surface area (Å²) < 4.78 is 10.9. The molecule has 0 aliphatic rings. The lowest BCUT2D eigenvalue weighted by Gasteiger charge is -2.26. The van der Waals surface area contributed by atoms with Gasteiger partial charge < -0.3 is 19.5 Å². The smallest absolute Gasteiger partial charge is 0.309 e. The molecular formula is C26H35NO5. The highest BCUT2D eigenvalue weighted by atomic mass is 16.5. The topological polar surface area (TPSA) is 76.1 Å². The number of aliphatic carboxylic acids is 1. The summed E-state index contributed by atoms with van der Waals surface area (Å²) in [6.45, 7) is 6.39. The molecule has 0 unspecified atom stereocenters. The molecule has 2 rings (SSSR count). The lowest BCUT2D eigenvalue weighted by atomic mass is 9.88. The molecule has 1 amide bonds. The van der Waals surface area contributed by atoms with Crippen LogP contribution in [0.2, 0.25) is 0 Å². The highest BCUT2D eigenvalue weighted by Gasteiger charge is 2.27. The number of carbonyl (C=O) groups is 2. The van der Waals surface area contributed by atoms with Gasteiger partial charge >= 0.3 is 5.97 Å². The molecule has 0 radical (unpaired) electrons. The molecule has 6 heteroatoms. The average Bonchev–Trinajstić information content (AvgIpc) is 2.78. The summed E-state index contributed by atoms with van der Waals surface area (Å²) in [7, 11) is 3.14. The Bertz CT molecular complexity index is 883. The van der Waals surface area contributed by atoms with Gasteiger partial charge in [-0.3, -0.25) is 9.59 Å². The van der Waals surface area contributed by atoms with Gasteiger partial charge in [-0.1, -0.05) is 30.3 Å². The van der Waals surface area contributed by atoms with E-state index in [9.17, 15) is 14.7 Å². The van der Waals surface area contributed by atoms with E-state index < -0.39 is 11.4 Å². The van der Waals surface area contributed by atoms with Crippen molar-refractivity contribution in [3.8, 4) is 11.5 Å². The molecule has 0 aromatic heterocycles. The second-order valence-corrected chi connectivity index (χ2v) is 8.68. The number of benzene rings is 2. The van der Waals surface area contributed by atoms with E-state index in [1.165, 1.54) is 5.56 Å². The van der Waals surface area contributed by atoms with Crippen molar-refractivity contribution in [2.75, 3.05) is 27.3 Å². The van der Waals surface area contributed by atoms with Gasteiger partial charge in [0.2, 0.25) is 0 Å². The fraction of sp³-hybridized carbons (Fsp3) is 0.462. The fourth-order valence-electron chi connectivity index (χ4n) is 3.64. The molecule has 0 bridgehead atoms. The van der Waals surface area contributed by atoms with Crippen molar-refractivity contribution in [2.45, 2.75) is 46.5 Å². The van der Waals surface area contributed by atoms with Gasteiger partial charge in [-0.15, -0.1) is 0 Å². The van der Waals surface area contributed by atoms with E-state index in [0.717, 1.165) is 18.4 Å². The van der Waals surface area contributed by atoms with Crippen LogP contribution in [0.15, 0.2) is 42.5 Å². The minimum atomic E-state index is -0.826. The Morgan fingerprint density at radius 1 is 0.969 bits per heavy atom. The maximum atomic E-state index is 13.4. The Kier molecular flexibility index (Phi) is 9.12. The molecule has 32 heavy (non-hydrogen) atoms. The minimum Gasteiger partial charge on any atom is -0.496 e. The van der Waals surface area contributed by atoms with Crippen LogP contribution < -0.4 is 9.47 Å². The molecule has 0 fully saturated rings. The third-order valence-electron chi connectivity index (χ3n) is 5.83. The van der Waals surface area contributed by atoms with Gasteiger partial charge in [0.05, 0.1) is 19.6 Å². The van der Waals surface area contributed by atoms with Crippen molar-refractivity contribution in [3.63, 3.8) is 0 Å². The fourth-order valence-corrected chi connectivity index (χ4v) is 3.64. The minimum absolute atomic E-state index is 0.109. The first-order chi connectivity index (χ1) is 15.2. The third kappa shape index (κ3) is 6.74. The summed E-state index contributed by atoms with van der Waals surface area (Å²) in [5.74, 6) is 0.267. The predicted octanol–water partition coefficient (Wildman–Crippen LogP) is 4.98. The van der Waals surface area contributed by atoms with Crippen LogP contribution >= 0.6 is 0 Å². The summed E-state index contributed by atoms with van der Waals surface area (Å²) in [6, 6.07) is 13.7. The highest BCUT2D eigenvalue weighted by molar-refractivity contribution is 5.95. The van der Waals surface area contributed by atoms with Crippen LogP contribution in [-0.4, -0.2) is 49.2 Å². The van der Waals surface area contributed by atoms with Crippen LogP contribution in [0.4, 0.5) is 0 Å². The maximum Gasteiger partial charge on any atom is 0.309 e. The number of aryl methyl sites for hydroxylation is 1. The van der Waals surface area contributed by atoms with Gasteiger partial charge in [-0.25, -0.2) is 0 Å². The van der Waals surface area contributed by atoms with Gasteiger partial charge in [-0.05, 0) is 64.2 Å². The predicted molar refractivity (Wildman–Crippen MR) is 126 cm³/mol. The monoisotopic (exact) mass is 441 g/mol. The molecule has 0 saturated carbocycles. The van der Waals surface area contributed by atoms with Crippen LogP contribution in [0.25, 0.3) is 0 Å². The zero-order valence-electron chi connectivity index (χ0n) is 19.8. The second kappa shape index (κ2) is 11.6. The summed E-state index contributed by atoms with van der Waals surface area (Å²) in [5, 5.41) is 9.39. The van der Waals surface area contributed by atoms with Gasteiger partial charge in [0.1, 0.15) is 11.5 Å². The zero-order valence-corrected chi connectivity index (χ0v) is 19.8. The third-order valence-corrected chi connectivity index (χ3v) is 5.83. The van der Waals surface area contributed by atoms with Crippen molar-refractivity contribution >= 4 is 11.9 Å². The Morgan fingerprint density at radius 2 is 1.53 bits per heavy atom. The molecule has 0 aliphatic carbocycles. The van der Waals surface area contributed by atoms with Gasteiger partial charge in [0.15, 0.2) is 0 Å². The molecule has 0 aliphatic heterocycles. The molecule has 1 N–H and O–H groups in total. The Morgan fingerprint density at radius 3 is 2.06 bits per heavy atom. The summed E-state index contributed by atoms with van der Waals surface area (Å²) in [6.07, 6.45) is 2.78. The molecule has 2 aromatic carbocycles. The van der Waals surface area contributed by atoms with E-state index in [4.69, 9.17) is 9.47 Å². The number of rotatable bonds is 12. The molecule has 0 saturated heterocycles. The molecule has 174 valence electrons. The van der Waals surface area contributed by atoms with E-state index in [-0.39, 0.29) is 5.91 Å². The molecular weight excluding hydrogens is 406 g/mol. The molecule has 0 heterocycles. The zero-order chi connectivity index (χ0) is 23.7. The largest absolute Gasteiger partial charge is 0.496 e. The van der Waals surface area contributed by atoms with Crippen LogP contribution in [0.3, 0.4) is 0 Å². The van der Waals surface area contributed by atoms with Crippen LogP contribution in [0.5, 0.6) is 11.5 Å². The van der Waals surface area contributed by atoms with Crippen molar-refractivity contribution < 1.29 is 24.2 Å². The number of hydrogen-bond acceptors (Lipinski definition) is 4. The molecule has 2 aromatic rings. The maximum absolute atomic E-state index is 13.4. The number of methoxy groups -OCH3 is 2. The van der Waals surface area contributed by atoms with Crippen molar-refractivity contribution in [3.05, 3.63) is 59.2 Å². The number of nitrogens with zero attached hydrogens (tertiary/aromatic N) is 1. The van der Waals surface area contributed by atoms with Crippen molar-refractivity contribution in [1.82, 2.24) is 4.90 Å². The van der Waals surface area contributed by atoms with Crippen LogP contribution in [0.1, 0.15) is 54.6 Å². The van der Waals surface area contributed by atoms with Crippen molar-refractivity contribution in [1.29, 1.82) is 0 Å². The Labute approximate surface area is 191 Å². The SMILES string of the molecule is COc1cc(C(=O)N(CCCc2ccccc2)CCCC(C)(C)C(=O)O)cc(OC)c1C. The number of carbonyl (C=O) groups excluding carboxylic acids is 1. The number of ether oxygens (including phenoxy) is 2. The first-order valence-electron chi connectivity index (χ1n) is 11.0. The number of hydrogen-bond donors (Lipinski definition) is 1. The van der Waals surface area contributed by atoms with Gasteiger partial charge in [0, 0.05) is 24.2 Å². The highest BCUT2D eigenvalue weighted by Crippen LogP contribution is 2.30. The van der Waals surface area contributed by atoms with Gasteiger partial charge in [0.25, 0.3) is 5.91 Å². The lowest BCUT2D eigenvalue weighted by Crippen LogP contribution is -2.34. The molecule has 0 spiro atoms. The number of carboxylic acid groups (broad SMARTS) is 1. The van der Waals surface area contributed by atoms with Crippen molar-refractivity contribution in [2.24, 2.45) is 5.41 Å². The Balaban J connectivity index is 2.18. The Hall–Kier alpha value is -3.02. The normalized spacial score (nSPS) is 11.2. The first-order valence-corrected chi connectivity index (χ1v) is 11.0. The summed E-state index contributed by atoms with van der Waals surface area (Å²) in [5.41, 5.74) is 1.74. The van der Waals surface area contributed by atoms with E-state index in [1.54, 1.807) is 40.2 Å². The van der Waals surface area contributed by atoms with Crippen LogP contribution in [-0.2, 0) is 11.2 Å². The molecule has 6 nitrogen and oxygen atoms in total. The number of amides is 1. The quantitative estimate of drug-likeness (QED) is 0.503. The first kappa shape index (κ1) is 25.2. The van der Waals surface area contributed by atoms with E-state index in [0.29, 0.717) is 43.0 Å². The second-order valence-electron chi connectivity index (χ2n) is 8.68. The number of carboxylic acids is 1. The average molecular weight is 442 g/mol. The van der Waals surface area contributed by atoms with E-state index >= 15 is 0 Å². The van der Waals surface area contributed by atoms with Gasteiger partial charge in [-0.2, -0.15) is 0 Å². The van der Waals surface area contributed by atoms with E-state index in [2.05, 4.69) is 12.1 Å². The van der Waals surface area contributed by atoms with Crippen LogP contribution in [0, 0.1) is 12.3 Å². The molecule has 0 atom stereocenters. The van der Waals surface area contributed by atoms with E-state index in [1.807, 2.05) is 30.0 Å².